The van der Waals surface area contributed by atoms with E-state index < -0.39 is 35.9 Å². The zero-order valence-corrected chi connectivity index (χ0v) is 19.2. The van der Waals surface area contributed by atoms with Crippen LogP contribution >= 0.6 is 34.8 Å². The fourth-order valence-electron chi connectivity index (χ4n) is 4.57. The van der Waals surface area contributed by atoms with Crippen LogP contribution in [0.2, 0.25) is 15.2 Å². The average Bonchev–Trinajstić information content (AvgIpc) is 3.31. The van der Waals surface area contributed by atoms with E-state index in [-0.39, 0.29) is 0 Å². The number of benzene rings is 1. The lowest BCUT2D eigenvalue weighted by Crippen LogP contribution is -2.46. The summed E-state index contributed by atoms with van der Waals surface area (Å²) in [6.45, 7) is 5.55. The Morgan fingerprint density at radius 2 is 1.87 bits per heavy atom. The summed E-state index contributed by atoms with van der Waals surface area (Å²) in [6.07, 6.45) is 0.291. The van der Waals surface area contributed by atoms with Crippen molar-refractivity contribution in [3.8, 4) is 0 Å². The molecule has 164 valence electrons. The van der Waals surface area contributed by atoms with Gasteiger partial charge in [0, 0.05) is 6.20 Å². The summed E-state index contributed by atoms with van der Waals surface area (Å²) in [5, 5.41) is 13.1. The van der Waals surface area contributed by atoms with Crippen molar-refractivity contribution in [1.29, 1.82) is 0 Å². The van der Waals surface area contributed by atoms with Crippen molar-refractivity contribution in [3.05, 3.63) is 57.6 Å². The molecule has 3 aromatic rings. The number of aromatic nitrogens is 3. The van der Waals surface area contributed by atoms with Crippen LogP contribution in [0.15, 0.2) is 36.8 Å². The molecule has 0 amide bonds. The Morgan fingerprint density at radius 3 is 2.61 bits per heavy atom. The Kier molecular flexibility index (Phi) is 5.03. The van der Waals surface area contributed by atoms with Crippen LogP contribution in [-0.4, -0.2) is 43.2 Å². The van der Waals surface area contributed by atoms with Gasteiger partial charge in [-0.15, -0.1) is 0 Å². The maximum atomic E-state index is 11.3. The van der Waals surface area contributed by atoms with Crippen molar-refractivity contribution in [2.45, 2.75) is 56.7 Å². The van der Waals surface area contributed by atoms with E-state index in [2.05, 4.69) is 9.97 Å². The van der Waals surface area contributed by atoms with E-state index in [0.717, 1.165) is 0 Å². The second-order valence-electron chi connectivity index (χ2n) is 8.41. The molecular weight excluding hydrogens is 465 g/mol. The second kappa shape index (κ2) is 7.28. The van der Waals surface area contributed by atoms with Gasteiger partial charge < -0.3 is 23.9 Å². The molecule has 0 saturated carbocycles. The van der Waals surface area contributed by atoms with Crippen LogP contribution in [0.1, 0.15) is 38.7 Å². The van der Waals surface area contributed by atoms with Crippen LogP contribution in [0, 0.1) is 0 Å². The highest BCUT2D eigenvalue weighted by Gasteiger charge is 2.65. The number of rotatable bonds is 3. The van der Waals surface area contributed by atoms with Gasteiger partial charge in [-0.25, -0.2) is 9.97 Å². The Labute approximate surface area is 193 Å². The van der Waals surface area contributed by atoms with Gasteiger partial charge in [0.05, 0.1) is 15.4 Å². The summed E-state index contributed by atoms with van der Waals surface area (Å²) in [5.41, 5.74) is 0.217. The number of hydrogen-bond donors (Lipinski definition) is 1. The minimum Gasteiger partial charge on any atom is -0.386 e. The number of ether oxygens (including phenoxy) is 3. The van der Waals surface area contributed by atoms with Crippen LogP contribution in [0.4, 0.5) is 0 Å². The fraction of sp³-hybridized carbons (Fsp3) is 0.429. The van der Waals surface area contributed by atoms with Gasteiger partial charge in [-0.2, -0.15) is 0 Å². The van der Waals surface area contributed by atoms with Crippen molar-refractivity contribution >= 4 is 45.8 Å². The first-order valence-electron chi connectivity index (χ1n) is 9.74. The van der Waals surface area contributed by atoms with Gasteiger partial charge in [0.25, 0.3) is 0 Å². The summed E-state index contributed by atoms with van der Waals surface area (Å²) in [6, 6.07) is 6.81. The lowest BCUT2D eigenvalue weighted by Gasteiger charge is -2.32. The summed E-state index contributed by atoms with van der Waals surface area (Å²) in [7, 11) is 0. The van der Waals surface area contributed by atoms with Crippen molar-refractivity contribution in [3.63, 3.8) is 0 Å². The molecule has 2 aromatic heterocycles. The number of halogens is 3. The molecule has 0 spiro atoms. The quantitative estimate of drug-likeness (QED) is 0.531. The smallest absolute Gasteiger partial charge is 0.165 e. The molecule has 2 aliphatic rings. The minimum atomic E-state index is -1.04. The first-order valence-corrected chi connectivity index (χ1v) is 10.9. The molecule has 4 heterocycles. The van der Waals surface area contributed by atoms with E-state index in [1.807, 2.05) is 37.6 Å². The van der Waals surface area contributed by atoms with Crippen molar-refractivity contribution in [1.82, 2.24) is 14.5 Å². The second-order valence-corrected chi connectivity index (χ2v) is 9.59. The standard InChI is InChI=1S/C21H20Cl3N3O4/c1-20(2)30-16-19(27-7-6-11-17(24)25-9-26-18(11)27)29-15(21(16,3)31-20)14(28)10-4-5-12(22)13(23)8-10/h4-9,14-16,19,28H,1-3H3/t14-,15-,16+,19-,21-/m1/s1. The maximum Gasteiger partial charge on any atom is 0.165 e. The maximum absolute atomic E-state index is 11.3. The monoisotopic (exact) mass is 483 g/mol. The lowest BCUT2D eigenvalue weighted by atomic mass is 9.88. The van der Waals surface area contributed by atoms with Gasteiger partial charge in [0.15, 0.2) is 12.0 Å². The van der Waals surface area contributed by atoms with E-state index in [4.69, 9.17) is 49.0 Å². The van der Waals surface area contributed by atoms with E-state index in [1.165, 1.54) is 6.33 Å². The third-order valence-corrected chi connectivity index (χ3v) is 6.90. The molecule has 2 aliphatic heterocycles. The third-order valence-electron chi connectivity index (χ3n) is 5.86. The average molecular weight is 485 g/mol. The Bertz CT molecular complexity index is 1170. The number of nitrogens with zero attached hydrogens (tertiary/aromatic N) is 3. The van der Waals surface area contributed by atoms with E-state index in [9.17, 15) is 5.11 Å². The molecule has 31 heavy (non-hydrogen) atoms. The third kappa shape index (κ3) is 3.35. The predicted octanol–water partition coefficient (Wildman–Crippen LogP) is 4.93. The molecule has 0 bridgehead atoms. The van der Waals surface area contributed by atoms with Gasteiger partial charge in [-0.3, -0.25) is 0 Å². The van der Waals surface area contributed by atoms with Gasteiger partial charge in [0.2, 0.25) is 0 Å². The Balaban J connectivity index is 1.58. The fourth-order valence-corrected chi connectivity index (χ4v) is 5.07. The molecule has 0 aliphatic carbocycles. The molecule has 0 radical (unpaired) electrons. The molecule has 5 rings (SSSR count). The van der Waals surface area contributed by atoms with Gasteiger partial charge in [0.1, 0.15) is 41.0 Å². The predicted molar refractivity (Wildman–Crippen MR) is 116 cm³/mol. The van der Waals surface area contributed by atoms with Crippen molar-refractivity contribution in [2.24, 2.45) is 0 Å². The Morgan fingerprint density at radius 1 is 1.10 bits per heavy atom. The van der Waals surface area contributed by atoms with Gasteiger partial charge in [-0.05, 0) is 44.5 Å². The SMILES string of the molecule is CC1(C)O[C@H]2[C@H](n3ccc4c(Cl)ncnc43)O[C@H]([C@H](O)c3ccc(Cl)c(Cl)c3)[C@@]2(C)O1. The largest absolute Gasteiger partial charge is 0.386 e. The summed E-state index contributed by atoms with van der Waals surface area (Å²) in [5.74, 6) is -0.868. The summed E-state index contributed by atoms with van der Waals surface area (Å²) < 4.78 is 20.8. The molecule has 1 aromatic carbocycles. The normalized spacial score (nSPS) is 30.6. The molecule has 2 saturated heterocycles. The van der Waals surface area contributed by atoms with E-state index in [0.29, 0.717) is 31.8 Å². The van der Waals surface area contributed by atoms with Crippen LogP contribution in [0.25, 0.3) is 11.0 Å². The van der Waals surface area contributed by atoms with Gasteiger partial charge in [-0.1, -0.05) is 40.9 Å². The summed E-state index contributed by atoms with van der Waals surface area (Å²) >= 11 is 18.4. The van der Waals surface area contributed by atoms with Crippen LogP contribution < -0.4 is 0 Å². The minimum absolute atomic E-state index is 0.348. The highest BCUT2D eigenvalue weighted by atomic mass is 35.5. The van der Waals surface area contributed by atoms with E-state index >= 15 is 0 Å². The Hall–Kier alpha value is -1.45. The summed E-state index contributed by atoms with van der Waals surface area (Å²) in [4.78, 5) is 8.40. The number of aliphatic hydroxyl groups is 1. The lowest BCUT2D eigenvalue weighted by molar-refractivity contribution is -0.223. The topological polar surface area (TPSA) is 78.6 Å². The molecule has 0 unspecified atom stereocenters. The first kappa shape index (κ1) is 21.4. The number of fused-ring (bicyclic) bond motifs is 2. The number of hydrogen-bond acceptors (Lipinski definition) is 6. The molecule has 7 nitrogen and oxygen atoms in total. The highest BCUT2D eigenvalue weighted by molar-refractivity contribution is 6.42. The zero-order chi connectivity index (χ0) is 22.1. The molecule has 1 N–H and O–H groups in total. The van der Waals surface area contributed by atoms with Crippen molar-refractivity contribution < 1.29 is 19.3 Å². The van der Waals surface area contributed by atoms with Gasteiger partial charge >= 0.3 is 0 Å². The molecule has 10 heteroatoms. The molecular formula is C21H20Cl3N3O4. The zero-order valence-electron chi connectivity index (χ0n) is 16.9. The first-order chi connectivity index (χ1) is 14.6. The number of aliphatic hydroxyl groups excluding tert-OH is 1. The van der Waals surface area contributed by atoms with Crippen LogP contribution in [-0.2, 0) is 14.2 Å². The van der Waals surface area contributed by atoms with E-state index in [1.54, 1.807) is 18.2 Å². The highest BCUT2D eigenvalue weighted by Crippen LogP contribution is 2.53. The van der Waals surface area contributed by atoms with Crippen LogP contribution in [0.5, 0.6) is 0 Å². The molecule has 2 fully saturated rings. The van der Waals surface area contributed by atoms with Crippen molar-refractivity contribution in [2.75, 3.05) is 0 Å². The molecule has 5 atom stereocenters. The van der Waals surface area contributed by atoms with Crippen LogP contribution in [0.3, 0.4) is 0 Å².